The fourth-order valence-corrected chi connectivity index (χ4v) is 1.16. The lowest BCUT2D eigenvalue weighted by Crippen LogP contribution is -2.06. The number of rotatable bonds is 2. The fourth-order valence-electron chi connectivity index (χ4n) is 1.16. The molecule has 0 aliphatic rings. The number of aromatic nitrogens is 1. The molecular formula is C8H10F2N2O. The number of alkyl halides is 2. The second kappa shape index (κ2) is 3.66. The molecule has 0 aliphatic heterocycles. The van der Waals surface area contributed by atoms with Crippen LogP contribution in [0.25, 0.3) is 0 Å². The molecule has 0 spiro atoms. The Kier molecular flexibility index (Phi) is 2.77. The molecule has 1 aromatic heterocycles. The molecule has 1 aromatic rings. The number of aromatic hydroxyl groups is 1. The highest BCUT2D eigenvalue weighted by Gasteiger charge is 2.19. The van der Waals surface area contributed by atoms with E-state index in [-0.39, 0.29) is 12.1 Å². The van der Waals surface area contributed by atoms with Gasteiger partial charge in [0.25, 0.3) is 6.43 Å². The predicted octanol–water partition coefficient (Wildman–Crippen LogP) is 1.49. The second-order valence-corrected chi connectivity index (χ2v) is 2.63. The van der Waals surface area contributed by atoms with Gasteiger partial charge in [-0.2, -0.15) is 0 Å². The van der Waals surface area contributed by atoms with Crippen LogP contribution in [0.5, 0.6) is 5.75 Å². The van der Waals surface area contributed by atoms with Gasteiger partial charge in [0.05, 0.1) is 11.8 Å². The SMILES string of the molecule is Cc1ncc(O)c(C(F)F)c1CN. The Balaban J connectivity index is 3.35. The number of hydrogen-bond donors (Lipinski definition) is 2. The minimum absolute atomic E-state index is 0.0487. The number of nitrogens with zero attached hydrogens (tertiary/aromatic N) is 1. The van der Waals surface area contributed by atoms with Crippen LogP contribution < -0.4 is 5.73 Å². The standard InChI is InChI=1S/C8H10F2N2O/c1-4-5(2-11)7(8(9)10)6(13)3-12-4/h3,8,13H,2,11H2,1H3. The second-order valence-electron chi connectivity index (χ2n) is 2.63. The van der Waals surface area contributed by atoms with E-state index in [1.165, 1.54) is 0 Å². The van der Waals surface area contributed by atoms with Crippen molar-refractivity contribution in [1.29, 1.82) is 0 Å². The molecular weight excluding hydrogens is 178 g/mol. The van der Waals surface area contributed by atoms with E-state index in [0.29, 0.717) is 5.69 Å². The molecule has 3 N–H and O–H groups in total. The smallest absolute Gasteiger partial charge is 0.267 e. The Bertz CT molecular complexity index is 315. The quantitative estimate of drug-likeness (QED) is 0.739. The number of hydrogen-bond acceptors (Lipinski definition) is 3. The van der Waals surface area contributed by atoms with Crippen molar-refractivity contribution in [3.63, 3.8) is 0 Å². The molecule has 1 heterocycles. The Morgan fingerprint density at radius 3 is 2.62 bits per heavy atom. The van der Waals surface area contributed by atoms with E-state index >= 15 is 0 Å². The van der Waals surface area contributed by atoms with Gasteiger partial charge in [0.2, 0.25) is 0 Å². The molecule has 0 unspecified atom stereocenters. The highest BCUT2D eigenvalue weighted by atomic mass is 19.3. The normalized spacial score (nSPS) is 10.8. The highest BCUT2D eigenvalue weighted by molar-refractivity contribution is 5.40. The molecule has 5 heteroatoms. The number of aryl methyl sites for hydroxylation is 1. The first-order chi connectivity index (χ1) is 6.07. The molecule has 0 saturated heterocycles. The molecule has 0 bridgehead atoms. The van der Waals surface area contributed by atoms with E-state index in [1.807, 2.05) is 0 Å². The lowest BCUT2D eigenvalue weighted by Gasteiger charge is -2.10. The third kappa shape index (κ3) is 1.75. The van der Waals surface area contributed by atoms with Crippen molar-refractivity contribution >= 4 is 0 Å². The molecule has 0 radical (unpaired) electrons. The van der Waals surface area contributed by atoms with Crippen LogP contribution in [0, 0.1) is 6.92 Å². The zero-order valence-electron chi connectivity index (χ0n) is 7.09. The van der Waals surface area contributed by atoms with E-state index in [0.717, 1.165) is 6.20 Å². The maximum absolute atomic E-state index is 12.4. The van der Waals surface area contributed by atoms with Crippen LogP contribution in [-0.4, -0.2) is 10.1 Å². The molecule has 0 amide bonds. The van der Waals surface area contributed by atoms with Gasteiger partial charge in [-0.1, -0.05) is 0 Å². The molecule has 72 valence electrons. The third-order valence-electron chi connectivity index (χ3n) is 1.84. The van der Waals surface area contributed by atoms with Gasteiger partial charge < -0.3 is 10.8 Å². The zero-order chi connectivity index (χ0) is 10.0. The summed E-state index contributed by atoms with van der Waals surface area (Å²) in [6.45, 7) is 1.53. The van der Waals surface area contributed by atoms with E-state index in [2.05, 4.69) is 4.98 Å². The molecule has 0 aliphatic carbocycles. The Labute approximate surface area is 74.2 Å². The van der Waals surface area contributed by atoms with Crippen LogP contribution in [0.4, 0.5) is 8.78 Å². The lowest BCUT2D eigenvalue weighted by atomic mass is 10.1. The predicted molar refractivity (Wildman–Crippen MR) is 43.5 cm³/mol. The average molecular weight is 188 g/mol. The summed E-state index contributed by atoms with van der Waals surface area (Å²) in [5.74, 6) is -0.499. The Hall–Kier alpha value is -1.23. The summed E-state index contributed by atoms with van der Waals surface area (Å²) < 4.78 is 24.8. The zero-order valence-corrected chi connectivity index (χ0v) is 7.09. The summed E-state index contributed by atoms with van der Waals surface area (Å²) in [6, 6.07) is 0. The maximum atomic E-state index is 12.4. The summed E-state index contributed by atoms with van der Waals surface area (Å²) in [5, 5.41) is 9.12. The molecule has 13 heavy (non-hydrogen) atoms. The summed E-state index contributed by atoms with van der Waals surface area (Å²) >= 11 is 0. The molecule has 0 saturated carbocycles. The Morgan fingerprint density at radius 2 is 2.23 bits per heavy atom. The van der Waals surface area contributed by atoms with Gasteiger partial charge in [0.1, 0.15) is 5.75 Å². The van der Waals surface area contributed by atoms with Crippen LogP contribution in [-0.2, 0) is 6.54 Å². The lowest BCUT2D eigenvalue weighted by molar-refractivity contribution is 0.146. The van der Waals surface area contributed by atoms with Crippen LogP contribution in [0.2, 0.25) is 0 Å². The fraction of sp³-hybridized carbons (Fsp3) is 0.375. The average Bonchev–Trinajstić information content (AvgIpc) is 2.07. The van der Waals surface area contributed by atoms with Gasteiger partial charge in [-0.15, -0.1) is 0 Å². The van der Waals surface area contributed by atoms with Gasteiger partial charge in [0, 0.05) is 12.2 Å². The Morgan fingerprint density at radius 1 is 1.62 bits per heavy atom. The van der Waals surface area contributed by atoms with E-state index in [9.17, 15) is 8.78 Å². The highest BCUT2D eigenvalue weighted by Crippen LogP contribution is 2.31. The summed E-state index contributed by atoms with van der Waals surface area (Å²) in [6.07, 6.45) is -1.71. The topological polar surface area (TPSA) is 59.1 Å². The van der Waals surface area contributed by atoms with Gasteiger partial charge in [-0.05, 0) is 12.5 Å². The van der Waals surface area contributed by atoms with Crippen molar-refractivity contribution in [1.82, 2.24) is 4.98 Å². The van der Waals surface area contributed by atoms with E-state index in [1.54, 1.807) is 6.92 Å². The van der Waals surface area contributed by atoms with Crippen LogP contribution >= 0.6 is 0 Å². The van der Waals surface area contributed by atoms with E-state index < -0.39 is 17.7 Å². The first-order valence-electron chi connectivity index (χ1n) is 3.73. The molecule has 0 fully saturated rings. The van der Waals surface area contributed by atoms with Crippen LogP contribution in [0.15, 0.2) is 6.20 Å². The third-order valence-corrected chi connectivity index (χ3v) is 1.84. The minimum atomic E-state index is -2.72. The summed E-state index contributed by atoms with van der Waals surface area (Å²) in [5.41, 5.74) is 5.51. The van der Waals surface area contributed by atoms with Crippen molar-refractivity contribution in [3.05, 3.63) is 23.0 Å². The van der Waals surface area contributed by atoms with E-state index in [4.69, 9.17) is 10.8 Å². The van der Waals surface area contributed by atoms with Crippen molar-refractivity contribution in [3.8, 4) is 5.75 Å². The molecule has 0 atom stereocenters. The van der Waals surface area contributed by atoms with Crippen LogP contribution in [0.3, 0.4) is 0 Å². The van der Waals surface area contributed by atoms with Crippen molar-refractivity contribution < 1.29 is 13.9 Å². The van der Waals surface area contributed by atoms with Crippen LogP contribution in [0.1, 0.15) is 23.2 Å². The summed E-state index contributed by atoms with van der Waals surface area (Å²) in [4.78, 5) is 3.73. The summed E-state index contributed by atoms with van der Waals surface area (Å²) in [7, 11) is 0. The molecule has 0 aromatic carbocycles. The van der Waals surface area contributed by atoms with Crippen molar-refractivity contribution in [2.45, 2.75) is 19.9 Å². The first-order valence-corrected chi connectivity index (χ1v) is 3.73. The molecule has 3 nitrogen and oxygen atoms in total. The van der Waals surface area contributed by atoms with Gasteiger partial charge in [-0.25, -0.2) is 8.78 Å². The monoisotopic (exact) mass is 188 g/mol. The molecule has 1 rings (SSSR count). The van der Waals surface area contributed by atoms with Gasteiger partial charge >= 0.3 is 0 Å². The van der Waals surface area contributed by atoms with Gasteiger partial charge in [-0.3, -0.25) is 4.98 Å². The van der Waals surface area contributed by atoms with Crippen molar-refractivity contribution in [2.24, 2.45) is 5.73 Å². The first kappa shape index (κ1) is 9.85. The van der Waals surface area contributed by atoms with Crippen molar-refractivity contribution in [2.75, 3.05) is 0 Å². The number of nitrogens with two attached hydrogens (primary N) is 1. The number of pyridine rings is 1. The minimum Gasteiger partial charge on any atom is -0.506 e. The largest absolute Gasteiger partial charge is 0.506 e. The van der Waals surface area contributed by atoms with Gasteiger partial charge in [0.15, 0.2) is 0 Å². The number of halogens is 2. The maximum Gasteiger partial charge on any atom is 0.267 e.